The topological polar surface area (TPSA) is 117 Å². The van der Waals surface area contributed by atoms with E-state index in [2.05, 4.69) is 0 Å². The summed E-state index contributed by atoms with van der Waals surface area (Å²) in [7, 11) is 1.52. The second-order valence-electron chi connectivity index (χ2n) is 11.5. The molecule has 2 atom stereocenters. The Balaban J connectivity index is 2.01. The van der Waals surface area contributed by atoms with Gasteiger partial charge in [-0.1, -0.05) is 50.6 Å². The molecular weight excluding hydrogens is 548 g/mol. The molecule has 10 heteroatoms. The number of ether oxygens (including phenoxy) is 2. The zero-order chi connectivity index (χ0) is 30.3. The van der Waals surface area contributed by atoms with Crippen molar-refractivity contribution >= 4 is 35.1 Å². The van der Waals surface area contributed by atoms with Gasteiger partial charge in [-0.2, -0.15) is 0 Å². The SMILES string of the molecule is CCOc1cc(Cl)cc([C@H](O)c2ccccc2OC)c1N(CC(C)(C)C)C(=O)CCC(=O)N1CCC[C@H](C(=O)O)C1. The molecule has 1 heterocycles. The molecule has 9 nitrogen and oxygen atoms in total. The lowest BCUT2D eigenvalue weighted by atomic mass is 9.93. The predicted molar refractivity (Wildman–Crippen MR) is 158 cm³/mol. The van der Waals surface area contributed by atoms with Crippen LogP contribution in [0.25, 0.3) is 0 Å². The van der Waals surface area contributed by atoms with Gasteiger partial charge >= 0.3 is 5.97 Å². The predicted octanol–water partition coefficient (Wildman–Crippen LogP) is 5.31. The van der Waals surface area contributed by atoms with Crippen molar-refractivity contribution in [1.82, 2.24) is 4.90 Å². The summed E-state index contributed by atoms with van der Waals surface area (Å²) < 4.78 is 11.4. The highest BCUT2D eigenvalue weighted by atomic mass is 35.5. The molecule has 0 radical (unpaired) electrons. The van der Waals surface area contributed by atoms with Gasteiger partial charge in [0.25, 0.3) is 0 Å². The van der Waals surface area contributed by atoms with Gasteiger partial charge in [-0.15, -0.1) is 0 Å². The highest BCUT2D eigenvalue weighted by molar-refractivity contribution is 6.31. The summed E-state index contributed by atoms with van der Waals surface area (Å²) in [6, 6.07) is 10.3. The Labute approximate surface area is 247 Å². The zero-order valence-corrected chi connectivity index (χ0v) is 25.2. The Kier molecular flexibility index (Phi) is 11.0. The van der Waals surface area contributed by atoms with Crippen LogP contribution >= 0.6 is 11.6 Å². The molecule has 3 rings (SSSR count). The Hall–Kier alpha value is -3.30. The van der Waals surface area contributed by atoms with Gasteiger partial charge in [-0.3, -0.25) is 14.4 Å². The second-order valence-corrected chi connectivity index (χ2v) is 11.9. The molecule has 2 amide bonds. The van der Waals surface area contributed by atoms with Crippen LogP contribution in [0.3, 0.4) is 0 Å². The first-order chi connectivity index (χ1) is 19.4. The Morgan fingerprint density at radius 3 is 2.46 bits per heavy atom. The van der Waals surface area contributed by atoms with Crippen LogP contribution in [-0.4, -0.2) is 66.2 Å². The second kappa shape index (κ2) is 14.0. The number of hydrogen-bond donors (Lipinski definition) is 2. The van der Waals surface area contributed by atoms with Crippen LogP contribution in [0.5, 0.6) is 11.5 Å². The molecule has 1 saturated heterocycles. The molecule has 41 heavy (non-hydrogen) atoms. The Morgan fingerprint density at radius 1 is 1.12 bits per heavy atom. The summed E-state index contributed by atoms with van der Waals surface area (Å²) in [6.45, 7) is 8.99. The van der Waals surface area contributed by atoms with Gasteiger partial charge in [0.1, 0.15) is 17.6 Å². The maximum atomic E-state index is 13.9. The average Bonchev–Trinajstić information content (AvgIpc) is 2.93. The van der Waals surface area contributed by atoms with Crippen LogP contribution in [0.15, 0.2) is 36.4 Å². The lowest BCUT2D eigenvalue weighted by Gasteiger charge is -2.34. The third-order valence-corrected chi connectivity index (χ3v) is 7.19. The van der Waals surface area contributed by atoms with Gasteiger partial charge in [-0.05, 0) is 37.3 Å². The fourth-order valence-electron chi connectivity index (χ4n) is 5.10. The van der Waals surface area contributed by atoms with E-state index in [9.17, 15) is 24.6 Å². The molecule has 1 aliphatic heterocycles. The third kappa shape index (κ3) is 8.36. The van der Waals surface area contributed by atoms with Gasteiger partial charge in [-0.25, -0.2) is 0 Å². The maximum absolute atomic E-state index is 13.9. The first-order valence-electron chi connectivity index (χ1n) is 13.9. The fourth-order valence-corrected chi connectivity index (χ4v) is 5.31. The number of rotatable bonds is 11. The first-order valence-corrected chi connectivity index (χ1v) is 14.3. The minimum Gasteiger partial charge on any atom is -0.496 e. The van der Waals surface area contributed by atoms with Gasteiger partial charge in [0.2, 0.25) is 11.8 Å². The number of carboxylic acid groups (broad SMARTS) is 1. The van der Waals surface area contributed by atoms with E-state index < -0.39 is 18.0 Å². The van der Waals surface area contributed by atoms with E-state index in [0.29, 0.717) is 59.3 Å². The van der Waals surface area contributed by atoms with Gasteiger partial charge in [0.05, 0.1) is 25.3 Å². The van der Waals surface area contributed by atoms with Gasteiger partial charge in [0.15, 0.2) is 0 Å². The molecule has 2 aromatic rings. The number of halogens is 1. The molecule has 1 fully saturated rings. The largest absolute Gasteiger partial charge is 0.496 e. The van der Waals surface area contributed by atoms with Crippen molar-refractivity contribution in [2.45, 2.75) is 59.5 Å². The summed E-state index contributed by atoms with van der Waals surface area (Å²) in [4.78, 5) is 41.5. The first kappa shape index (κ1) is 32.2. The van der Waals surface area contributed by atoms with Crippen LogP contribution in [0.4, 0.5) is 5.69 Å². The van der Waals surface area contributed by atoms with Crippen molar-refractivity contribution < 1.29 is 34.1 Å². The average molecular weight is 589 g/mol. The number of methoxy groups -OCH3 is 1. The molecule has 0 saturated carbocycles. The van der Waals surface area contributed by atoms with Crippen molar-refractivity contribution in [1.29, 1.82) is 0 Å². The number of piperidine rings is 1. The fraction of sp³-hybridized carbons (Fsp3) is 0.516. The lowest BCUT2D eigenvalue weighted by Crippen LogP contribution is -2.43. The molecule has 224 valence electrons. The molecular formula is C31H41ClN2O7. The van der Waals surface area contributed by atoms with Crippen molar-refractivity contribution in [3.05, 3.63) is 52.5 Å². The smallest absolute Gasteiger partial charge is 0.308 e. The van der Waals surface area contributed by atoms with Gasteiger partial charge < -0.3 is 29.5 Å². The Morgan fingerprint density at radius 2 is 1.83 bits per heavy atom. The molecule has 2 N–H and O–H groups in total. The number of para-hydroxylation sites is 1. The number of carbonyl (C=O) groups is 3. The molecule has 0 aliphatic carbocycles. The van der Waals surface area contributed by atoms with Crippen LogP contribution in [0.2, 0.25) is 5.02 Å². The summed E-state index contributed by atoms with van der Waals surface area (Å²) in [5.74, 6) is -1.27. The van der Waals surface area contributed by atoms with Crippen molar-refractivity contribution in [2.24, 2.45) is 11.3 Å². The summed E-state index contributed by atoms with van der Waals surface area (Å²) >= 11 is 6.49. The number of carboxylic acids is 1. The molecule has 0 spiro atoms. The number of likely N-dealkylation sites (tertiary alicyclic amines) is 1. The number of aliphatic hydroxyl groups excluding tert-OH is 1. The van der Waals surface area contributed by atoms with Crippen LogP contribution < -0.4 is 14.4 Å². The quantitative estimate of drug-likeness (QED) is 0.365. The lowest BCUT2D eigenvalue weighted by molar-refractivity contribution is -0.146. The minimum absolute atomic E-state index is 0.0617. The van der Waals surface area contributed by atoms with Crippen molar-refractivity contribution in [3.8, 4) is 11.5 Å². The van der Waals surface area contributed by atoms with E-state index in [4.69, 9.17) is 21.1 Å². The number of nitrogens with zero attached hydrogens (tertiary/aromatic N) is 2. The van der Waals surface area contributed by atoms with Crippen molar-refractivity contribution in [2.75, 3.05) is 38.3 Å². The number of aliphatic hydroxyl groups is 1. The molecule has 0 aromatic heterocycles. The van der Waals surface area contributed by atoms with E-state index in [-0.39, 0.29) is 43.2 Å². The number of amides is 2. The van der Waals surface area contributed by atoms with E-state index in [1.807, 2.05) is 27.7 Å². The number of anilines is 1. The number of hydrogen-bond acceptors (Lipinski definition) is 6. The van der Waals surface area contributed by atoms with Gasteiger partial charge in [0, 0.05) is 54.7 Å². The monoisotopic (exact) mass is 588 g/mol. The number of benzene rings is 2. The standard InChI is InChI=1S/C31H41ClN2O7/c1-6-41-25-17-21(32)16-23(29(37)22-11-7-8-12-24(22)40-5)28(25)34(19-31(2,3)4)27(36)14-13-26(35)33-15-9-10-20(18-33)30(38)39/h7-8,11-12,16-17,20,29,37H,6,9-10,13-15,18-19H2,1-5H3,(H,38,39)/t20-,29+/m0/s1. The third-order valence-electron chi connectivity index (χ3n) is 6.98. The minimum atomic E-state index is -1.20. The summed E-state index contributed by atoms with van der Waals surface area (Å²) in [5, 5.41) is 21.4. The van der Waals surface area contributed by atoms with E-state index >= 15 is 0 Å². The van der Waals surface area contributed by atoms with E-state index in [1.165, 1.54) is 12.0 Å². The number of carbonyl (C=O) groups excluding carboxylic acids is 2. The normalized spacial score (nSPS) is 16.2. The van der Waals surface area contributed by atoms with E-state index in [0.717, 1.165) is 0 Å². The van der Waals surface area contributed by atoms with Crippen LogP contribution in [0.1, 0.15) is 70.6 Å². The summed E-state index contributed by atoms with van der Waals surface area (Å²) in [6.07, 6.45) is -0.211. The Bertz CT molecular complexity index is 1240. The highest BCUT2D eigenvalue weighted by Gasteiger charge is 2.33. The highest BCUT2D eigenvalue weighted by Crippen LogP contribution is 2.43. The number of aliphatic carboxylic acids is 1. The van der Waals surface area contributed by atoms with Crippen molar-refractivity contribution in [3.63, 3.8) is 0 Å². The molecule has 2 aromatic carbocycles. The molecule has 0 bridgehead atoms. The van der Waals surface area contributed by atoms with E-state index in [1.54, 1.807) is 41.3 Å². The summed E-state index contributed by atoms with van der Waals surface area (Å²) in [5.41, 5.74) is 0.898. The van der Waals surface area contributed by atoms with Crippen LogP contribution in [0, 0.1) is 11.3 Å². The maximum Gasteiger partial charge on any atom is 0.308 e. The molecule has 0 unspecified atom stereocenters. The molecule has 1 aliphatic rings. The van der Waals surface area contributed by atoms with Crippen LogP contribution in [-0.2, 0) is 14.4 Å². The zero-order valence-electron chi connectivity index (χ0n) is 24.5.